The number of hydrogen-bond acceptors (Lipinski definition) is 4. The molecule has 0 heterocycles. The first-order chi connectivity index (χ1) is 18.6. The fourth-order valence-electron chi connectivity index (χ4n) is 11.2. The Morgan fingerprint density at radius 1 is 0.925 bits per heavy atom. The maximum absolute atomic E-state index is 14.5. The highest BCUT2D eigenvalue weighted by Gasteiger charge is 2.70. The van der Waals surface area contributed by atoms with Crippen molar-refractivity contribution in [3.63, 3.8) is 0 Å². The molecule has 5 aliphatic carbocycles. The standard InChI is InChI=1S/C36H58O4/c1-9-10-11-12-21-40-30(39)33(5)18-17-32(4)19-20-35(7)24(25(32)23-33)22-26(37)29-34(6)15-14-28(38)31(2,3)27(34)13-16-36(29,35)8/h22,25,27-29,38H,9-21,23H2,1-8H3/t25-,27-,28-,29+,32+,33-,34-,35+,36+/m0/s1. The van der Waals surface area contributed by atoms with Gasteiger partial charge in [-0.1, -0.05) is 73.3 Å². The van der Waals surface area contributed by atoms with Crippen LogP contribution in [0.1, 0.15) is 139 Å². The van der Waals surface area contributed by atoms with Crippen LogP contribution in [0.5, 0.6) is 0 Å². The highest BCUT2D eigenvalue weighted by molar-refractivity contribution is 5.95. The summed E-state index contributed by atoms with van der Waals surface area (Å²) in [6.45, 7) is 19.0. The molecule has 0 aromatic carbocycles. The molecular weight excluding hydrogens is 496 g/mol. The number of unbranched alkanes of at least 4 members (excludes halogenated alkanes) is 3. The average molecular weight is 555 g/mol. The number of hydrogen-bond donors (Lipinski definition) is 1. The third-order valence-electron chi connectivity index (χ3n) is 14.3. The van der Waals surface area contributed by atoms with Gasteiger partial charge in [0.1, 0.15) is 0 Å². The first kappa shape index (κ1) is 30.3. The number of carbonyl (C=O) groups excluding carboxylic acids is 2. The number of allylic oxidation sites excluding steroid dienone is 2. The molecule has 4 heteroatoms. The second-order valence-electron chi connectivity index (χ2n) is 16.8. The summed E-state index contributed by atoms with van der Waals surface area (Å²) in [4.78, 5) is 27.9. The first-order valence-electron chi connectivity index (χ1n) is 16.7. The molecule has 0 unspecified atom stereocenters. The number of aliphatic hydroxyl groups excluding tert-OH is 1. The zero-order valence-corrected chi connectivity index (χ0v) is 27.0. The molecule has 9 atom stereocenters. The van der Waals surface area contributed by atoms with Gasteiger partial charge in [-0.15, -0.1) is 0 Å². The van der Waals surface area contributed by atoms with Crippen LogP contribution in [0, 0.1) is 50.2 Å². The molecule has 1 N–H and O–H groups in total. The largest absolute Gasteiger partial charge is 0.465 e. The minimum absolute atomic E-state index is 0.00769. The van der Waals surface area contributed by atoms with Gasteiger partial charge < -0.3 is 9.84 Å². The van der Waals surface area contributed by atoms with Crippen molar-refractivity contribution in [3.8, 4) is 0 Å². The Morgan fingerprint density at radius 3 is 2.33 bits per heavy atom. The van der Waals surface area contributed by atoms with Gasteiger partial charge in [0, 0.05) is 5.92 Å². The van der Waals surface area contributed by atoms with Crippen molar-refractivity contribution < 1.29 is 19.4 Å². The second-order valence-corrected chi connectivity index (χ2v) is 16.8. The SMILES string of the molecule is CCCCCCOC(=O)[C@@]1(C)CC[C@]2(C)CC[C@]3(C)C(=CC(=O)[C@@H]4[C@@]5(C)CC[C@H](O)C(C)(C)[C@@H]5CC[C@]43C)[C@@H]2C1. The normalized spacial score (nSPS) is 47.7. The van der Waals surface area contributed by atoms with E-state index in [-0.39, 0.29) is 51.0 Å². The molecule has 0 saturated heterocycles. The molecule has 0 amide bonds. The number of esters is 1. The first-order valence-corrected chi connectivity index (χ1v) is 16.7. The Balaban J connectivity index is 1.47. The van der Waals surface area contributed by atoms with Crippen LogP contribution in [0.2, 0.25) is 0 Å². The van der Waals surface area contributed by atoms with E-state index in [0.29, 0.717) is 18.3 Å². The Bertz CT molecular complexity index is 1060. The quantitative estimate of drug-likeness (QED) is 0.264. The van der Waals surface area contributed by atoms with Gasteiger partial charge in [0.05, 0.1) is 18.1 Å². The van der Waals surface area contributed by atoms with Crippen LogP contribution in [0.4, 0.5) is 0 Å². The molecule has 5 rings (SSSR count). The molecule has 5 aliphatic rings. The summed E-state index contributed by atoms with van der Waals surface area (Å²) in [5.41, 5.74) is 0.576. The summed E-state index contributed by atoms with van der Waals surface area (Å²) in [5, 5.41) is 11.0. The molecular formula is C36H58O4. The van der Waals surface area contributed by atoms with Crippen LogP contribution in [-0.4, -0.2) is 29.6 Å². The van der Waals surface area contributed by atoms with E-state index in [0.717, 1.165) is 70.6 Å². The van der Waals surface area contributed by atoms with Crippen molar-refractivity contribution in [2.75, 3.05) is 6.61 Å². The lowest BCUT2D eigenvalue weighted by Crippen LogP contribution is -2.66. The van der Waals surface area contributed by atoms with E-state index in [1.807, 2.05) is 0 Å². The van der Waals surface area contributed by atoms with Gasteiger partial charge in [-0.25, -0.2) is 0 Å². The Morgan fingerprint density at radius 2 is 1.62 bits per heavy atom. The average Bonchev–Trinajstić information content (AvgIpc) is 2.88. The summed E-state index contributed by atoms with van der Waals surface area (Å²) in [7, 11) is 0. The fourth-order valence-corrected chi connectivity index (χ4v) is 11.2. The van der Waals surface area contributed by atoms with E-state index in [4.69, 9.17) is 4.74 Å². The molecule has 4 nitrogen and oxygen atoms in total. The monoisotopic (exact) mass is 554 g/mol. The van der Waals surface area contributed by atoms with Gasteiger partial charge in [0.25, 0.3) is 0 Å². The Hall–Kier alpha value is -1.16. The van der Waals surface area contributed by atoms with E-state index in [9.17, 15) is 14.7 Å². The number of ketones is 1. The maximum atomic E-state index is 14.5. The lowest BCUT2D eigenvalue weighted by atomic mass is 9.33. The third kappa shape index (κ3) is 4.22. The molecule has 0 aliphatic heterocycles. The number of ether oxygens (including phenoxy) is 1. The fraction of sp³-hybridized carbons (Fsp3) is 0.889. The lowest BCUT2D eigenvalue weighted by molar-refractivity contribution is -0.202. The van der Waals surface area contributed by atoms with Crippen LogP contribution in [0.15, 0.2) is 11.6 Å². The van der Waals surface area contributed by atoms with Crippen LogP contribution in [0.3, 0.4) is 0 Å². The van der Waals surface area contributed by atoms with Crippen molar-refractivity contribution in [1.29, 1.82) is 0 Å². The summed E-state index contributed by atoms with van der Waals surface area (Å²) in [5.74, 6) is 0.884. The summed E-state index contributed by atoms with van der Waals surface area (Å²) in [6, 6.07) is 0. The molecule has 4 fully saturated rings. The van der Waals surface area contributed by atoms with E-state index in [2.05, 4.69) is 61.5 Å². The lowest BCUT2D eigenvalue weighted by Gasteiger charge is -2.70. The molecule has 4 saturated carbocycles. The van der Waals surface area contributed by atoms with Gasteiger partial charge in [-0.2, -0.15) is 0 Å². The zero-order valence-electron chi connectivity index (χ0n) is 27.0. The molecule has 0 aromatic heterocycles. The Labute approximate surface area is 244 Å². The summed E-state index contributed by atoms with van der Waals surface area (Å²) < 4.78 is 5.89. The van der Waals surface area contributed by atoms with Gasteiger partial charge >= 0.3 is 5.97 Å². The van der Waals surface area contributed by atoms with Crippen LogP contribution in [0.25, 0.3) is 0 Å². The van der Waals surface area contributed by atoms with Crippen LogP contribution < -0.4 is 0 Å². The van der Waals surface area contributed by atoms with Crippen molar-refractivity contribution >= 4 is 11.8 Å². The van der Waals surface area contributed by atoms with E-state index in [1.165, 1.54) is 18.4 Å². The molecule has 0 radical (unpaired) electrons. The van der Waals surface area contributed by atoms with Gasteiger partial charge in [0.2, 0.25) is 0 Å². The number of fused-ring (bicyclic) bond motifs is 7. The highest BCUT2D eigenvalue weighted by Crippen LogP contribution is 2.75. The smallest absolute Gasteiger partial charge is 0.311 e. The van der Waals surface area contributed by atoms with Gasteiger partial charge in [-0.3, -0.25) is 9.59 Å². The molecule has 40 heavy (non-hydrogen) atoms. The van der Waals surface area contributed by atoms with E-state index >= 15 is 0 Å². The second kappa shape index (κ2) is 9.95. The number of rotatable bonds is 6. The number of aliphatic hydroxyl groups is 1. The summed E-state index contributed by atoms with van der Waals surface area (Å²) in [6.07, 6.45) is 15.0. The molecule has 0 spiro atoms. The van der Waals surface area contributed by atoms with Crippen molar-refractivity contribution in [2.45, 2.75) is 145 Å². The molecule has 0 bridgehead atoms. The topological polar surface area (TPSA) is 63.6 Å². The number of carbonyl (C=O) groups is 2. The zero-order chi connectivity index (χ0) is 29.4. The minimum atomic E-state index is -0.484. The summed E-state index contributed by atoms with van der Waals surface area (Å²) >= 11 is 0. The van der Waals surface area contributed by atoms with Crippen molar-refractivity contribution in [1.82, 2.24) is 0 Å². The molecule has 0 aromatic rings. The van der Waals surface area contributed by atoms with Gasteiger partial charge in [-0.05, 0) is 116 Å². The van der Waals surface area contributed by atoms with Crippen LogP contribution in [-0.2, 0) is 14.3 Å². The predicted molar refractivity (Wildman–Crippen MR) is 161 cm³/mol. The third-order valence-corrected chi connectivity index (χ3v) is 14.3. The maximum Gasteiger partial charge on any atom is 0.311 e. The van der Waals surface area contributed by atoms with Crippen molar-refractivity contribution in [2.24, 2.45) is 50.2 Å². The van der Waals surface area contributed by atoms with E-state index in [1.54, 1.807) is 0 Å². The molecule has 226 valence electrons. The minimum Gasteiger partial charge on any atom is -0.465 e. The highest BCUT2D eigenvalue weighted by atomic mass is 16.5. The van der Waals surface area contributed by atoms with E-state index < -0.39 is 5.41 Å². The predicted octanol–water partition coefficient (Wildman–Crippen LogP) is 8.45. The van der Waals surface area contributed by atoms with Crippen molar-refractivity contribution in [3.05, 3.63) is 11.6 Å². The Kier molecular flexibility index (Phi) is 7.54. The van der Waals surface area contributed by atoms with Crippen LogP contribution >= 0.6 is 0 Å². The van der Waals surface area contributed by atoms with Gasteiger partial charge in [0.15, 0.2) is 5.78 Å².